The summed E-state index contributed by atoms with van der Waals surface area (Å²) in [5.41, 5.74) is -1.19. The van der Waals surface area contributed by atoms with Crippen LogP contribution in [-0.2, 0) is 10.9 Å². The second kappa shape index (κ2) is 7.27. The van der Waals surface area contributed by atoms with Crippen LogP contribution in [0.5, 0.6) is 0 Å². The van der Waals surface area contributed by atoms with Crippen molar-refractivity contribution in [3.63, 3.8) is 0 Å². The molecule has 0 unspecified atom stereocenters. The van der Waals surface area contributed by atoms with Crippen molar-refractivity contribution in [2.75, 3.05) is 31.1 Å². The van der Waals surface area contributed by atoms with Crippen molar-refractivity contribution in [1.29, 1.82) is 0 Å². The van der Waals surface area contributed by atoms with E-state index < -0.39 is 28.5 Å². The van der Waals surface area contributed by atoms with Gasteiger partial charge in [0.1, 0.15) is 17.7 Å². The number of amides is 1. The smallest absolute Gasteiger partial charge is 0.417 e. The van der Waals surface area contributed by atoms with E-state index in [4.69, 9.17) is 16.3 Å². The Bertz CT molecular complexity index is 891. The van der Waals surface area contributed by atoms with Crippen LogP contribution in [0.25, 0.3) is 10.9 Å². The van der Waals surface area contributed by atoms with Crippen LogP contribution in [0.4, 0.5) is 23.8 Å². The molecule has 0 atom stereocenters. The van der Waals surface area contributed by atoms with Gasteiger partial charge in [-0.25, -0.2) is 14.8 Å². The number of alkyl halides is 3. The molecule has 0 bridgehead atoms. The Balaban J connectivity index is 1.84. The van der Waals surface area contributed by atoms with Gasteiger partial charge in [0.25, 0.3) is 0 Å². The fourth-order valence-corrected chi connectivity index (χ4v) is 3.23. The third kappa shape index (κ3) is 4.40. The standard InChI is InChI=1S/C18H20ClF3N4O2/c1-17(2,3)28-16(27)26-6-4-25(5-7-26)15-11-8-12(18(20,21)22)13(19)9-14(11)23-10-24-15/h8-10H,4-7H2,1-3H3. The maximum atomic E-state index is 13.2. The predicted octanol–water partition coefficient (Wildman–Crippen LogP) is 4.36. The summed E-state index contributed by atoms with van der Waals surface area (Å²) in [5, 5.41) is -0.135. The largest absolute Gasteiger partial charge is 0.444 e. The van der Waals surface area contributed by atoms with E-state index in [9.17, 15) is 18.0 Å². The number of aromatic nitrogens is 2. The first kappa shape index (κ1) is 20.4. The topological polar surface area (TPSA) is 58.6 Å². The van der Waals surface area contributed by atoms with E-state index in [1.165, 1.54) is 12.4 Å². The van der Waals surface area contributed by atoms with Gasteiger partial charge < -0.3 is 14.5 Å². The minimum absolute atomic E-state index is 0.268. The fraction of sp³-hybridized carbons (Fsp3) is 0.500. The number of ether oxygens (including phenoxy) is 1. The highest BCUT2D eigenvalue weighted by Crippen LogP contribution is 2.38. The molecule has 0 N–H and O–H groups in total. The van der Waals surface area contributed by atoms with Gasteiger partial charge in [0.05, 0.1) is 16.1 Å². The molecule has 1 amide bonds. The van der Waals surface area contributed by atoms with E-state index in [0.717, 1.165) is 6.07 Å². The molecule has 1 fully saturated rings. The van der Waals surface area contributed by atoms with E-state index in [0.29, 0.717) is 37.5 Å². The zero-order chi connectivity index (χ0) is 20.7. The van der Waals surface area contributed by atoms with Gasteiger partial charge in [0.15, 0.2) is 0 Å². The number of carbonyl (C=O) groups is 1. The van der Waals surface area contributed by atoms with Gasteiger partial charge in [0.2, 0.25) is 0 Å². The maximum absolute atomic E-state index is 13.2. The normalized spacial score (nSPS) is 15.8. The van der Waals surface area contributed by atoms with Gasteiger partial charge in [-0.3, -0.25) is 0 Å². The minimum atomic E-state index is -4.58. The first-order valence-electron chi connectivity index (χ1n) is 8.70. The number of hydrogen-bond donors (Lipinski definition) is 0. The molecule has 0 saturated carbocycles. The average molecular weight is 417 g/mol. The molecular weight excluding hydrogens is 397 g/mol. The lowest BCUT2D eigenvalue weighted by Gasteiger charge is -2.36. The average Bonchev–Trinajstić information content (AvgIpc) is 2.58. The van der Waals surface area contributed by atoms with Crippen LogP contribution in [-0.4, -0.2) is 52.7 Å². The number of halogens is 4. The third-order valence-corrected chi connectivity index (χ3v) is 4.55. The maximum Gasteiger partial charge on any atom is 0.417 e. The first-order chi connectivity index (χ1) is 13.0. The number of nitrogens with zero attached hydrogens (tertiary/aromatic N) is 4. The molecule has 1 aliphatic rings. The lowest BCUT2D eigenvalue weighted by molar-refractivity contribution is -0.137. The molecule has 0 aliphatic carbocycles. The van der Waals surface area contributed by atoms with Crippen LogP contribution in [0, 0.1) is 0 Å². The van der Waals surface area contributed by atoms with Crippen LogP contribution < -0.4 is 4.90 Å². The van der Waals surface area contributed by atoms with Crippen LogP contribution in [0.1, 0.15) is 26.3 Å². The van der Waals surface area contributed by atoms with Crippen molar-refractivity contribution in [2.24, 2.45) is 0 Å². The Morgan fingerprint density at radius 2 is 1.75 bits per heavy atom. The quantitative estimate of drug-likeness (QED) is 0.691. The lowest BCUT2D eigenvalue weighted by atomic mass is 10.1. The van der Waals surface area contributed by atoms with Gasteiger partial charge in [-0.1, -0.05) is 11.6 Å². The Labute approximate surface area is 165 Å². The van der Waals surface area contributed by atoms with E-state index in [1.54, 1.807) is 25.7 Å². The van der Waals surface area contributed by atoms with E-state index in [1.807, 2.05) is 4.90 Å². The van der Waals surface area contributed by atoms with Crippen LogP contribution in [0.15, 0.2) is 18.5 Å². The summed E-state index contributed by atoms with van der Waals surface area (Å²) in [4.78, 5) is 23.8. The molecule has 1 aliphatic heterocycles. The Kier molecular flexibility index (Phi) is 5.31. The summed E-state index contributed by atoms with van der Waals surface area (Å²) in [6.07, 6.45) is -3.69. The molecule has 152 valence electrons. The molecule has 10 heteroatoms. The van der Waals surface area contributed by atoms with Crippen molar-refractivity contribution in [1.82, 2.24) is 14.9 Å². The third-order valence-electron chi connectivity index (χ3n) is 4.24. The molecule has 0 spiro atoms. The molecule has 1 aromatic carbocycles. The van der Waals surface area contributed by atoms with Crippen molar-refractivity contribution < 1.29 is 22.7 Å². The number of benzene rings is 1. The second-order valence-electron chi connectivity index (χ2n) is 7.50. The lowest BCUT2D eigenvalue weighted by Crippen LogP contribution is -2.50. The van der Waals surface area contributed by atoms with Gasteiger partial charge in [-0.2, -0.15) is 13.2 Å². The molecule has 0 radical (unpaired) electrons. The van der Waals surface area contributed by atoms with E-state index in [-0.39, 0.29) is 5.39 Å². The minimum Gasteiger partial charge on any atom is -0.444 e. The first-order valence-corrected chi connectivity index (χ1v) is 9.08. The number of anilines is 1. The van der Waals surface area contributed by atoms with E-state index in [2.05, 4.69) is 9.97 Å². The number of carbonyl (C=O) groups excluding carboxylic acids is 1. The number of fused-ring (bicyclic) bond motifs is 1. The highest BCUT2D eigenvalue weighted by molar-refractivity contribution is 6.32. The molecule has 1 saturated heterocycles. The summed E-state index contributed by atoms with van der Waals surface area (Å²) in [6.45, 7) is 6.94. The summed E-state index contributed by atoms with van der Waals surface area (Å²) >= 11 is 5.78. The van der Waals surface area contributed by atoms with Crippen molar-refractivity contribution in [3.8, 4) is 0 Å². The summed E-state index contributed by atoms with van der Waals surface area (Å²) in [5.74, 6) is 0.385. The predicted molar refractivity (Wildman–Crippen MR) is 99.6 cm³/mol. The van der Waals surface area contributed by atoms with Crippen molar-refractivity contribution in [3.05, 3.63) is 29.0 Å². The molecule has 2 heterocycles. The second-order valence-corrected chi connectivity index (χ2v) is 7.91. The SMILES string of the molecule is CC(C)(C)OC(=O)N1CCN(c2ncnc3cc(Cl)c(C(F)(F)F)cc23)CC1. The molecule has 6 nitrogen and oxygen atoms in total. The number of rotatable bonds is 1. The zero-order valence-corrected chi connectivity index (χ0v) is 16.4. The Morgan fingerprint density at radius 1 is 1.11 bits per heavy atom. The molecular formula is C18H20ClF3N4O2. The van der Waals surface area contributed by atoms with Gasteiger partial charge in [0, 0.05) is 31.6 Å². The number of hydrogen-bond acceptors (Lipinski definition) is 5. The summed E-state index contributed by atoms with van der Waals surface area (Å²) in [7, 11) is 0. The molecule has 28 heavy (non-hydrogen) atoms. The molecule has 3 rings (SSSR count). The zero-order valence-electron chi connectivity index (χ0n) is 15.7. The van der Waals surface area contributed by atoms with Crippen LogP contribution in [0.2, 0.25) is 5.02 Å². The molecule has 1 aromatic heterocycles. The highest BCUT2D eigenvalue weighted by atomic mass is 35.5. The summed E-state index contributed by atoms with van der Waals surface area (Å²) < 4.78 is 45.0. The van der Waals surface area contributed by atoms with Gasteiger partial charge >= 0.3 is 12.3 Å². The van der Waals surface area contributed by atoms with Gasteiger partial charge in [-0.05, 0) is 32.9 Å². The van der Waals surface area contributed by atoms with Crippen LogP contribution >= 0.6 is 11.6 Å². The highest BCUT2D eigenvalue weighted by Gasteiger charge is 2.34. The van der Waals surface area contributed by atoms with Gasteiger partial charge in [-0.15, -0.1) is 0 Å². The monoisotopic (exact) mass is 416 g/mol. The van der Waals surface area contributed by atoms with Crippen molar-refractivity contribution in [2.45, 2.75) is 32.5 Å². The van der Waals surface area contributed by atoms with Crippen LogP contribution in [0.3, 0.4) is 0 Å². The van der Waals surface area contributed by atoms with E-state index >= 15 is 0 Å². The Hall–Kier alpha value is -2.29. The fourth-order valence-electron chi connectivity index (χ4n) is 2.96. The van der Waals surface area contributed by atoms with Crippen molar-refractivity contribution >= 4 is 34.4 Å². The Morgan fingerprint density at radius 3 is 2.32 bits per heavy atom. The number of piperazine rings is 1. The summed E-state index contributed by atoms with van der Waals surface area (Å²) in [6, 6.07) is 2.18. The molecule has 2 aromatic rings.